The Hall–Kier alpha value is -1.05. The van der Waals surface area contributed by atoms with Gasteiger partial charge in [0.1, 0.15) is 4.90 Å². The lowest BCUT2D eigenvalue weighted by atomic mass is 10.2. The van der Waals surface area contributed by atoms with Crippen LogP contribution in [0.5, 0.6) is 0 Å². The average molecular weight is 420 g/mol. The molecular weight excluding hydrogens is 408 g/mol. The van der Waals surface area contributed by atoms with Gasteiger partial charge in [0.2, 0.25) is 0 Å². The highest BCUT2D eigenvalue weighted by atomic mass is 79.9. The number of nitrogen functional groups attached to an aromatic ring is 1. The van der Waals surface area contributed by atoms with Gasteiger partial charge in [-0.3, -0.25) is 4.72 Å². The highest BCUT2D eigenvalue weighted by Gasteiger charge is 2.18. The van der Waals surface area contributed by atoms with Crippen LogP contribution < -0.4 is 10.5 Å². The molecule has 0 aliphatic carbocycles. The van der Waals surface area contributed by atoms with Crippen LogP contribution in [0.15, 0.2) is 50.2 Å². The van der Waals surface area contributed by atoms with Crippen LogP contribution in [0.25, 0.3) is 0 Å². The zero-order chi connectivity index (χ0) is 14.9. The Morgan fingerprint density at radius 2 is 1.75 bits per heavy atom. The van der Waals surface area contributed by atoms with E-state index in [0.717, 1.165) is 5.56 Å². The predicted molar refractivity (Wildman–Crippen MR) is 88.2 cm³/mol. The fourth-order valence-electron chi connectivity index (χ4n) is 1.64. The maximum atomic E-state index is 12.4. The topological polar surface area (TPSA) is 72.2 Å². The summed E-state index contributed by atoms with van der Waals surface area (Å²) in [6, 6.07) is 9.95. The van der Waals surface area contributed by atoms with E-state index in [2.05, 4.69) is 36.6 Å². The fourth-order valence-corrected chi connectivity index (χ4v) is 4.54. The number of rotatable bonds is 3. The smallest absolute Gasteiger partial charge is 0.263 e. The minimum absolute atomic E-state index is 0.138. The van der Waals surface area contributed by atoms with Crippen molar-refractivity contribution >= 4 is 53.3 Å². The molecule has 2 rings (SSSR count). The summed E-state index contributed by atoms with van der Waals surface area (Å²) in [7, 11) is -3.68. The predicted octanol–water partition coefficient (Wildman–Crippen LogP) is 3.90. The van der Waals surface area contributed by atoms with E-state index in [-0.39, 0.29) is 4.90 Å². The minimum atomic E-state index is -3.68. The van der Waals surface area contributed by atoms with Crippen molar-refractivity contribution in [2.75, 3.05) is 10.5 Å². The molecule has 0 heterocycles. The summed E-state index contributed by atoms with van der Waals surface area (Å²) in [6.45, 7) is 1.93. The fraction of sp³-hybridized carbons (Fsp3) is 0.0769. The monoisotopic (exact) mass is 418 g/mol. The Morgan fingerprint density at radius 3 is 2.35 bits per heavy atom. The first-order valence-electron chi connectivity index (χ1n) is 5.63. The summed E-state index contributed by atoms with van der Waals surface area (Å²) < 4.78 is 28.4. The highest BCUT2D eigenvalue weighted by Crippen LogP contribution is 2.29. The van der Waals surface area contributed by atoms with Gasteiger partial charge in [-0.1, -0.05) is 6.07 Å². The van der Waals surface area contributed by atoms with Crippen molar-refractivity contribution in [2.45, 2.75) is 11.8 Å². The molecule has 0 atom stereocenters. The van der Waals surface area contributed by atoms with Crippen LogP contribution >= 0.6 is 31.9 Å². The lowest BCUT2D eigenvalue weighted by molar-refractivity contribution is 0.601. The number of anilines is 2. The summed E-state index contributed by atoms with van der Waals surface area (Å²) in [4.78, 5) is 0.138. The van der Waals surface area contributed by atoms with Crippen molar-refractivity contribution in [2.24, 2.45) is 0 Å². The number of aryl methyl sites for hydroxylation is 1. The van der Waals surface area contributed by atoms with Crippen LogP contribution in [0, 0.1) is 6.92 Å². The number of nitrogens with one attached hydrogen (secondary N) is 1. The van der Waals surface area contributed by atoms with E-state index in [1.54, 1.807) is 18.2 Å². The number of halogens is 2. The van der Waals surface area contributed by atoms with E-state index in [0.29, 0.717) is 20.3 Å². The maximum Gasteiger partial charge on any atom is 0.263 e. The molecule has 0 saturated heterocycles. The molecule has 0 saturated carbocycles. The van der Waals surface area contributed by atoms with Gasteiger partial charge in [0.05, 0.1) is 5.69 Å². The molecule has 0 fully saturated rings. The lowest BCUT2D eigenvalue weighted by Crippen LogP contribution is -2.14. The van der Waals surface area contributed by atoms with Gasteiger partial charge in [0, 0.05) is 14.6 Å². The minimum Gasteiger partial charge on any atom is -0.399 e. The molecule has 7 heteroatoms. The molecule has 0 aromatic heterocycles. The van der Waals surface area contributed by atoms with Crippen LogP contribution in [-0.4, -0.2) is 8.42 Å². The van der Waals surface area contributed by atoms with E-state index < -0.39 is 10.0 Å². The summed E-state index contributed by atoms with van der Waals surface area (Å²) in [5.74, 6) is 0. The standard InChI is InChI=1S/C13H12Br2N2O2S/c1-8-2-4-12(10(14)6-8)17-20(18,19)13-5-3-9(16)7-11(13)15/h2-7,17H,16H2,1H3. The van der Waals surface area contributed by atoms with Gasteiger partial charge in [0.15, 0.2) is 0 Å². The molecule has 0 radical (unpaired) electrons. The van der Waals surface area contributed by atoms with Crippen molar-refractivity contribution in [1.29, 1.82) is 0 Å². The third-order valence-corrected chi connectivity index (χ3v) is 5.61. The van der Waals surface area contributed by atoms with E-state index in [1.165, 1.54) is 6.07 Å². The Kier molecular flexibility index (Phi) is 4.41. The zero-order valence-corrected chi connectivity index (χ0v) is 14.5. The second kappa shape index (κ2) is 5.75. The van der Waals surface area contributed by atoms with Gasteiger partial charge in [-0.05, 0) is 74.7 Å². The molecule has 0 aliphatic rings. The molecule has 4 nitrogen and oxygen atoms in total. The zero-order valence-electron chi connectivity index (χ0n) is 10.5. The number of sulfonamides is 1. The molecule has 0 spiro atoms. The Bertz CT molecular complexity index is 761. The van der Waals surface area contributed by atoms with E-state index >= 15 is 0 Å². The van der Waals surface area contributed by atoms with Crippen LogP contribution in [0.2, 0.25) is 0 Å². The molecular formula is C13H12Br2N2O2S. The van der Waals surface area contributed by atoms with Crippen LogP contribution in [0.4, 0.5) is 11.4 Å². The van der Waals surface area contributed by atoms with Gasteiger partial charge in [0.25, 0.3) is 10.0 Å². The summed E-state index contributed by atoms with van der Waals surface area (Å²) >= 11 is 6.56. The summed E-state index contributed by atoms with van der Waals surface area (Å²) in [5.41, 5.74) is 7.63. The number of benzene rings is 2. The van der Waals surface area contributed by atoms with Crippen molar-refractivity contribution in [3.8, 4) is 0 Å². The quantitative estimate of drug-likeness (QED) is 0.741. The number of nitrogens with two attached hydrogens (primary N) is 1. The van der Waals surface area contributed by atoms with Crippen molar-refractivity contribution < 1.29 is 8.42 Å². The Labute approximate surface area is 134 Å². The van der Waals surface area contributed by atoms with Crippen molar-refractivity contribution in [3.63, 3.8) is 0 Å². The van der Waals surface area contributed by atoms with E-state index in [1.807, 2.05) is 19.1 Å². The SMILES string of the molecule is Cc1ccc(NS(=O)(=O)c2ccc(N)cc2Br)c(Br)c1. The molecule has 20 heavy (non-hydrogen) atoms. The molecule has 3 N–H and O–H groups in total. The third-order valence-electron chi connectivity index (χ3n) is 2.61. The third kappa shape index (κ3) is 3.34. The first-order chi connectivity index (χ1) is 9.29. The summed E-state index contributed by atoms with van der Waals surface area (Å²) in [6.07, 6.45) is 0. The largest absolute Gasteiger partial charge is 0.399 e. The van der Waals surface area contributed by atoms with Crippen LogP contribution in [0.3, 0.4) is 0 Å². The second-order valence-electron chi connectivity index (χ2n) is 4.28. The Balaban J connectivity index is 2.41. The van der Waals surface area contributed by atoms with Crippen molar-refractivity contribution in [3.05, 3.63) is 50.9 Å². The van der Waals surface area contributed by atoms with E-state index in [9.17, 15) is 8.42 Å². The number of hydrogen-bond acceptors (Lipinski definition) is 3. The van der Waals surface area contributed by atoms with Gasteiger partial charge in [-0.25, -0.2) is 8.42 Å². The maximum absolute atomic E-state index is 12.4. The molecule has 0 unspecified atom stereocenters. The average Bonchev–Trinajstić information content (AvgIpc) is 2.32. The van der Waals surface area contributed by atoms with Crippen LogP contribution in [0.1, 0.15) is 5.56 Å². The first-order valence-corrected chi connectivity index (χ1v) is 8.70. The lowest BCUT2D eigenvalue weighted by Gasteiger charge is -2.12. The second-order valence-corrected chi connectivity index (χ2v) is 7.64. The van der Waals surface area contributed by atoms with Gasteiger partial charge in [-0.15, -0.1) is 0 Å². The summed E-state index contributed by atoms with van der Waals surface area (Å²) in [5, 5.41) is 0. The number of hydrogen-bond donors (Lipinski definition) is 2. The molecule has 2 aromatic carbocycles. The Morgan fingerprint density at radius 1 is 1.05 bits per heavy atom. The molecule has 106 valence electrons. The van der Waals surface area contributed by atoms with Crippen LogP contribution in [-0.2, 0) is 10.0 Å². The molecule has 0 aliphatic heterocycles. The molecule has 2 aromatic rings. The highest BCUT2D eigenvalue weighted by molar-refractivity contribution is 9.11. The van der Waals surface area contributed by atoms with E-state index in [4.69, 9.17) is 5.73 Å². The van der Waals surface area contributed by atoms with Crippen molar-refractivity contribution in [1.82, 2.24) is 0 Å². The van der Waals surface area contributed by atoms with Gasteiger partial charge < -0.3 is 5.73 Å². The molecule has 0 amide bonds. The van der Waals surface area contributed by atoms with Gasteiger partial charge >= 0.3 is 0 Å². The first kappa shape index (κ1) is 15.3. The molecule has 0 bridgehead atoms. The van der Waals surface area contributed by atoms with Gasteiger partial charge in [-0.2, -0.15) is 0 Å². The normalized spacial score (nSPS) is 11.3.